The summed E-state index contributed by atoms with van der Waals surface area (Å²) in [6, 6.07) is 18.8. The van der Waals surface area contributed by atoms with E-state index in [0.29, 0.717) is 53.3 Å². The number of carbonyl (C=O) groups excluding carboxylic acids is 7. The van der Waals surface area contributed by atoms with Crippen LogP contribution in [0.3, 0.4) is 0 Å². The summed E-state index contributed by atoms with van der Waals surface area (Å²) >= 11 is 0. The van der Waals surface area contributed by atoms with Crippen molar-refractivity contribution in [3.8, 4) is 5.75 Å². The first-order valence-corrected chi connectivity index (χ1v) is 51.0. The van der Waals surface area contributed by atoms with E-state index in [1.165, 1.54) is 10.8 Å². The summed E-state index contributed by atoms with van der Waals surface area (Å²) in [6.45, 7) is 36.3. The highest BCUT2D eigenvalue weighted by atomic mass is 31.2. The fourth-order valence-electron chi connectivity index (χ4n) is 11.5. The van der Waals surface area contributed by atoms with E-state index in [1.807, 2.05) is 51.1 Å². The summed E-state index contributed by atoms with van der Waals surface area (Å²) < 4.78 is 195. The molecule has 0 spiro atoms. The largest absolute Gasteiger partial charge is 0.510 e. The summed E-state index contributed by atoms with van der Waals surface area (Å²) in [4.78, 5) is 102. The number of carbonyl (C=O) groups is 7. The van der Waals surface area contributed by atoms with Crippen LogP contribution >= 0.6 is 30.3 Å². The number of hydrogen-bond acceptors (Lipinski definition) is 46. The van der Waals surface area contributed by atoms with Crippen molar-refractivity contribution in [2.24, 2.45) is 10.7 Å². The monoisotopic (exact) mass is 2070 g/mol. The predicted molar refractivity (Wildman–Crippen MR) is 500 cm³/mol. The summed E-state index contributed by atoms with van der Waals surface area (Å²) in [6.07, 6.45) is -8.80. The molecule has 6 N–H and O–H groups in total. The summed E-state index contributed by atoms with van der Waals surface area (Å²) in [5.41, 5.74) is 22.1. The molecule has 51 nitrogen and oxygen atoms in total. The van der Waals surface area contributed by atoms with Crippen molar-refractivity contribution in [1.29, 1.82) is 0 Å². The molecule has 0 bridgehead atoms. The van der Waals surface area contributed by atoms with Crippen LogP contribution in [-0.4, -0.2) is 242 Å². The quantitative estimate of drug-likeness (QED) is 0.0119. The number of nitrogens with two attached hydrogens (primary N) is 2. The number of ether oxygens (including phenoxy) is 17. The lowest BCUT2D eigenvalue weighted by Gasteiger charge is -2.25. The van der Waals surface area contributed by atoms with Crippen molar-refractivity contribution < 1.29 is 168 Å². The maximum atomic E-state index is 13.7. The van der Waals surface area contributed by atoms with Crippen molar-refractivity contribution in [3.05, 3.63) is 137 Å². The molecule has 56 heteroatoms. The minimum atomic E-state index is -4.09. The number of halogens is 1. The van der Waals surface area contributed by atoms with Crippen LogP contribution in [0.15, 0.2) is 90.8 Å². The normalized spacial score (nSPS) is 13.6. The Hall–Kier alpha value is -11.6. The van der Waals surface area contributed by atoms with Crippen LogP contribution < -0.4 is 26.5 Å². The Kier molecular flexibility index (Phi) is 48.2. The van der Waals surface area contributed by atoms with Gasteiger partial charge < -0.3 is 96.5 Å². The number of nitrogen functional groups attached to an aromatic ring is 1. The molecule has 0 aliphatic carbocycles. The van der Waals surface area contributed by atoms with Crippen molar-refractivity contribution >= 4 is 107 Å². The molecule has 4 unspecified atom stereocenters. The summed E-state index contributed by atoms with van der Waals surface area (Å²) in [5.74, 6) is 0.938. The van der Waals surface area contributed by atoms with Crippen LogP contribution in [0, 0.1) is 26.8 Å². The van der Waals surface area contributed by atoms with Gasteiger partial charge in [-0.3, -0.25) is 60.3 Å². The highest BCUT2D eigenvalue weighted by Crippen LogP contribution is 2.51. The number of aromatic nitrogens is 11. The Bertz CT molecular complexity index is 5360. The third-order valence-corrected chi connectivity index (χ3v) is 23.7. The van der Waals surface area contributed by atoms with Gasteiger partial charge >= 0.3 is 79.3 Å². The number of esters is 1. The number of hydrogen-bond donors (Lipinski definition) is 4. The zero-order chi connectivity index (χ0) is 105. The Morgan fingerprint density at radius 3 is 1.22 bits per heavy atom. The SMILES string of the molecule is C=C1N=C(N)Nn2c(CC(C)OCP(=O)(OCOC(=O)OC(C)C)OCOC(=O)OC(C)C)ccc21.Cc1nc(F)nn2c(CC(C)OCP(=O)(OCOC(=O)OC(C)C)OCOC(=O)OC(C)C)ccc12.Cc1nc(N)nn2c(CC(C)OCP(=O)(OCOC(=O)OC(C)C)OCOC(=O)OC(C)C)ccc12.Cc1ncnc2c(C[C@@H](C)OCP(=O)(N[C@@H](C)C(=O)OC(C)C)Oc3ccccc3)cnn12. The van der Waals surface area contributed by atoms with E-state index in [-0.39, 0.29) is 36.9 Å². The predicted octanol–water partition coefficient (Wildman–Crippen LogP) is 15.2. The first-order chi connectivity index (χ1) is 66.3. The average molecular weight is 2080 g/mol. The molecule has 0 saturated heterocycles. The fourth-order valence-corrected chi connectivity index (χ4v) is 16.6. The molecule has 6 atom stereocenters. The van der Waals surface area contributed by atoms with E-state index >= 15 is 0 Å². The molecule has 0 radical (unpaired) electrons. The minimum Gasteiger partial charge on any atom is -0.462 e. The maximum Gasteiger partial charge on any atom is 0.510 e. The molecule has 7 aromatic heterocycles. The zero-order valence-corrected chi connectivity index (χ0v) is 86.1. The smallest absolute Gasteiger partial charge is 0.462 e. The van der Waals surface area contributed by atoms with Crippen LogP contribution in [0.5, 0.6) is 5.75 Å². The topological polar surface area (TPSA) is 606 Å². The Morgan fingerprint density at radius 2 is 0.816 bits per heavy atom. The molecule has 1 aromatic carbocycles. The van der Waals surface area contributed by atoms with Crippen LogP contribution in [0.2, 0.25) is 0 Å². The van der Waals surface area contributed by atoms with E-state index in [4.69, 9.17) is 124 Å². The molecule has 1 aliphatic heterocycles. The number of benzene rings is 1. The molecule has 1 aliphatic rings. The lowest BCUT2D eigenvalue weighted by Crippen LogP contribution is -2.37. The molecule has 784 valence electrons. The van der Waals surface area contributed by atoms with Crippen LogP contribution in [0.4, 0.5) is 39.1 Å². The lowest BCUT2D eigenvalue weighted by molar-refractivity contribution is -0.149. The van der Waals surface area contributed by atoms with Crippen molar-refractivity contribution in [2.75, 3.05) is 77.3 Å². The number of nitrogens with one attached hydrogen (secondary N) is 2. The molecule has 9 rings (SSSR count). The van der Waals surface area contributed by atoms with Gasteiger partial charge in [0.1, 0.15) is 49.3 Å². The summed E-state index contributed by atoms with van der Waals surface area (Å²) in [5, 5.41) is 15.1. The number of aryl methyl sites for hydroxylation is 3. The van der Waals surface area contributed by atoms with Gasteiger partial charge in [0.25, 0.3) is 0 Å². The molecule has 0 saturated carbocycles. The number of rotatable bonds is 50. The Balaban J connectivity index is 0.000000288. The van der Waals surface area contributed by atoms with Gasteiger partial charge in [0.15, 0.2) is 5.65 Å². The van der Waals surface area contributed by atoms with Crippen molar-refractivity contribution in [2.45, 2.75) is 251 Å². The highest BCUT2D eigenvalue weighted by molar-refractivity contribution is 7.57. The second-order valence-corrected chi connectivity index (χ2v) is 40.6. The standard InChI is InChI=1S/C22H30N5O5P.C21H31FN3O10P.2C21H33N4O10P/c1-15(2)31-22(28)17(4)26-33(29,32-20-9-7-6-8-10-20)14-30-16(3)11-19-12-25-27-18(5)23-13-24-21(19)27;3*1-13(2)34-20(26)29-10-32-36(28,33-11-30-21(27)35-14(3)4)12-31-15(5)9-17-7-8-18-16(6)23-19(22)24-25(17)18/h6-10,12-13,15-17H,11,14H2,1-5H3,(H,26,29);7-8,13-15H,9-12H2,1-6H3;7-8,13-15H,9-12H2,1-6H3,(H2,22,24);7-8,13-15H,6,9-12H2,1-5H3,(H3,22,23,24)/t16-,17+,33?;;;/m1.../s1. The molecular weight excluding hydrogens is 1950 g/mol. The van der Waals surface area contributed by atoms with Crippen LogP contribution in [-0.2, 0) is 156 Å². The van der Waals surface area contributed by atoms with E-state index in [0.717, 1.165) is 39.7 Å². The molecule has 0 amide bonds. The van der Waals surface area contributed by atoms with Gasteiger partial charge in [0, 0.05) is 48.3 Å². The van der Waals surface area contributed by atoms with Crippen LogP contribution in [0.25, 0.3) is 22.4 Å². The Morgan fingerprint density at radius 1 is 0.447 bits per heavy atom. The van der Waals surface area contributed by atoms with Crippen molar-refractivity contribution in [3.63, 3.8) is 0 Å². The van der Waals surface area contributed by atoms with Gasteiger partial charge in [-0.15, -0.1) is 10.2 Å². The number of aliphatic imine (C=N–C) groups is 1. The van der Waals surface area contributed by atoms with Crippen LogP contribution in [0.1, 0.15) is 177 Å². The number of fused-ring (bicyclic) bond motifs is 4. The number of guanidine groups is 1. The molecule has 141 heavy (non-hydrogen) atoms. The zero-order valence-electron chi connectivity index (χ0n) is 82.5. The fraction of sp³-hybridized carbons (Fsp3) is 0.565. The van der Waals surface area contributed by atoms with Crippen molar-refractivity contribution in [1.82, 2.24) is 58.5 Å². The lowest BCUT2D eigenvalue weighted by atomic mass is 10.2. The van der Waals surface area contributed by atoms with Gasteiger partial charge in [-0.1, -0.05) is 24.8 Å². The van der Waals surface area contributed by atoms with E-state index < -0.39 is 200 Å². The molecule has 0 fully saturated rings. The molecule has 8 aromatic rings. The van der Waals surface area contributed by atoms with E-state index in [1.54, 1.807) is 188 Å². The first kappa shape index (κ1) is 118. The van der Waals surface area contributed by atoms with Gasteiger partial charge in [-0.2, -0.15) is 9.49 Å². The maximum absolute atomic E-state index is 13.7. The first-order valence-electron chi connectivity index (χ1n) is 44.0. The molecule has 8 heterocycles. The van der Waals surface area contributed by atoms with E-state index in [9.17, 15) is 56.2 Å². The van der Waals surface area contributed by atoms with Gasteiger partial charge in [-0.25, -0.2) is 72.3 Å². The third kappa shape index (κ3) is 43.0. The third-order valence-electron chi connectivity index (χ3n) is 17.5. The second kappa shape index (κ2) is 57.5. The molecular formula is C85H127FN16O35P4. The number of para-hydroxylation sites is 1. The van der Waals surface area contributed by atoms with Gasteiger partial charge in [-0.05, 0) is 201 Å². The second-order valence-electron chi connectivity index (χ2n) is 32.5. The number of nitrogens with zero attached hydrogens (tertiary/aromatic N) is 12. The summed E-state index contributed by atoms with van der Waals surface area (Å²) in [7, 11) is -15.8. The average Bonchev–Trinajstić information content (AvgIpc) is 1.70. The minimum absolute atomic E-state index is 0.129. The highest BCUT2D eigenvalue weighted by Gasteiger charge is 2.36. The van der Waals surface area contributed by atoms with Gasteiger partial charge in [0.05, 0.1) is 107 Å². The van der Waals surface area contributed by atoms with E-state index in [2.05, 4.69) is 57.3 Å². The van der Waals surface area contributed by atoms with Gasteiger partial charge in [0.2, 0.25) is 52.7 Å². The number of anilines is 1. The Labute approximate surface area is 813 Å².